The average molecular weight is 320 g/mol. The van der Waals surface area contributed by atoms with Crippen molar-refractivity contribution < 1.29 is 4.79 Å². The Kier molecular flexibility index (Phi) is 3.78. The summed E-state index contributed by atoms with van der Waals surface area (Å²) in [6.45, 7) is 3.42. The number of carbonyl (C=O) groups is 1. The Balaban J connectivity index is 1.62. The molecule has 1 amide bonds. The SMILES string of the molecule is CN1CCN(C(=O)c2ccc3nc(-c4ccccc4)cn3c2)CC1. The van der Waals surface area contributed by atoms with E-state index in [1.54, 1.807) is 0 Å². The summed E-state index contributed by atoms with van der Waals surface area (Å²) in [5.41, 5.74) is 3.56. The number of carbonyl (C=O) groups excluding carboxylic acids is 1. The summed E-state index contributed by atoms with van der Waals surface area (Å²) in [7, 11) is 2.09. The van der Waals surface area contributed by atoms with Crippen molar-refractivity contribution in [2.24, 2.45) is 0 Å². The van der Waals surface area contributed by atoms with Gasteiger partial charge in [-0.2, -0.15) is 0 Å². The van der Waals surface area contributed by atoms with E-state index in [1.165, 1.54) is 0 Å². The molecular weight excluding hydrogens is 300 g/mol. The molecule has 1 aliphatic heterocycles. The van der Waals surface area contributed by atoms with Gasteiger partial charge in [0, 0.05) is 44.1 Å². The molecule has 122 valence electrons. The molecule has 2 aromatic heterocycles. The molecule has 0 unspecified atom stereocenters. The van der Waals surface area contributed by atoms with Crippen LogP contribution in [0.4, 0.5) is 0 Å². The lowest BCUT2D eigenvalue weighted by Crippen LogP contribution is -2.47. The van der Waals surface area contributed by atoms with Crippen molar-refractivity contribution in [2.75, 3.05) is 33.2 Å². The lowest BCUT2D eigenvalue weighted by Gasteiger charge is -2.32. The number of fused-ring (bicyclic) bond motifs is 1. The highest BCUT2D eigenvalue weighted by molar-refractivity contribution is 5.94. The molecule has 0 saturated carbocycles. The second-order valence-corrected chi connectivity index (χ2v) is 6.27. The summed E-state index contributed by atoms with van der Waals surface area (Å²) >= 11 is 0. The van der Waals surface area contributed by atoms with E-state index in [9.17, 15) is 4.79 Å². The molecular formula is C19H20N4O. The van der Waals surface area contributed by atoms with Gasteiger partial charge < -0.3 is 14.2 Å². The third-order valence-electron chi connectivity index (χ3n) is 4.56. The van der Waals surface area contributed by atoms with Gasteiger partial charge in [0.2, 0.25) is 0 Å². The van der Waals surface area contributed by atoms with Crippen LogP contribution in [0.25, 0.3) is 16.9 Å². The number of benzene rings is 1. The first-order valence-corrected chi connectivity index (χ1v) is 8.23. The Morgan fingerprint density at radius 3 is 2.46 bits per heavy atom. The molecule has 3 heterocycles. The van der Waals surface area contributed by atoms with Gasteiger partial charge in [-0.15, -0.1) is 0 Å². The summed E-state index contributed by atoms with van der Waals surface area (Å²) in [5.74, 6) is 0.0972. The Bertz CT molecular complexity index is 863. The first-order valence-electron chi connectivity index (χ1n) is 8.23. The molecule has 1 aliphatic rings. The largest absolute Gasteiger partial charge is 0.336 e. The number of rotatable bonds is 2. The molecule has 0 aliphatic carbocycles. The summed E-state index contributed by atoms with van der Waals surface area (Å²) in [5, 5.41) is 0. The third kappa shape index (κ3) is 2.78. The minimum absolute atomic E-state index is 0.0972. The molecule has 0 spiro atoms. The minimum Gasteiger partial charge on any atom is -0.336 e. The number of amides is 1. The number of hydrogen-bond donors (Lipinski definition) is 0. The monoisotopic (exact) mass is 320 g/mol. The topological polar surface area (TPSA) is 40.8 Å². The molecule has 3 aromatic rings. The number of aromatic nitrogens is 2. The zero-order chi connectivity index (χ0) is 16.5. The fourth-order valence-corrected chi connectivity index (χ4v) is 3.06. The average Bonchev–Trinajstić information content (AvgIpc) is 3.06. The predicted octanol–water partition coefficient (Wildman–Crippen LogP) is 2.39. The van der Waals surface area contributed by atoms with E-state index >= 15 is 0 Å². The van der Waals surface area contributed by atoms with Gasteiger partial charge in [0.25, 0.3) is 5.91 Å². The van der Waals surface area contributed by atoms with Crippen LogP contribution in [-0.4, -0.2) is 58.3 Å². The van der Waals surface area contributed by atoms with E-state index in [1.807, 2.05) is 64.2 Å². The van der Waals surface area contributed by atoms with Gasteiger partial charge in [-0.25, -0.2) is 4.98 Å². The molecule has 5 heteroatoms. The second kappa shape index (κ2) is 6.09. The number of nitrogens with zero attached hydrogens (tertiary/aromatic N) is 4. The maximum Gasteiger partial charge on any atom is 0.255 e. The van der Waals surface area contributed by atoms with Gasteiger partial charge in [-0.3, -0.25) is 4.79 Å². The number of likely N-dealkylation sites (N-methyl/N-ethyl adjacent to an activating group) is 1. The van der Waals surface area contributed by atoms with Crippen molar-refractivity contribution >= 4 is 11.6 Å². The van der Waals surface area contributed by atoms with Gasteiger partial charge >= 0.3 is 0 Å². The molecule has 5 nitrogen and oxygen atoms in total. The minimum atomic E-state index is 0.0972. The number of piperazine rings is 1. The van der Waals surface area contributed by atoms with Crippen LogP contribution >= 0.6 is 0 Å². The van der Waals surface area contributed by atoms with E-state index < -0.39 is 0 Å². The van der Waals surface area contributed by atoms with Crippen LogP contribution in [0, 0.1) is 0 Å². The van der Waals surface area contributed by atoms with Crippen LogP contribution < -0.4 is 0 Å². The highest BCUT2D eigenvalue weighted by Crippen LogP contribution is 2.19. The number of hydrogen-bond acceptors (Lipinski definition) is 3. The lowest BCUT2D eigenvalue weighted by molar-refractivity contribution is 0.0663. The van der Waals surface area contributed by atoms with E-state index in [2.05, 4.69) is 16.9 Å². The second-order valence-electron chi connectivity index (χ2n) is 6.27. The fourth-order valence-electron chi connectivity index (χ4n) is 3.06. The molecule has 1 saturated heterocycles. The maximum atomic E-state index is 12.7. The van der Waals surface area contributed by atoms with E-state index in [4.69, 9.17) is 0 Å². The molecule has 24 heavy (non-hydrogen) atoms. The van der Waals surface area contributed by atoms with Crippen LogP contribution in [0.1, 0.15) is 10.4 Å². The van der Waals surface area contributed by atoms with Crippen LogP contribution in [-0.2, 0) is 0 Å². The maximum absolute atomic E-state index is 12.7. The normalized spacial score (nSPS) is 15.8. The molecule has 1 fully saturated rings. The molecule has 0 radical (unpaired) electrons. The molecule has 1 aromatic carbocycles. The number of pyridine rings is 1. The lowest BCUT2D eigenvalue weighted by atomic mass is 10.2. The molecule has 0 atom stereocenters. The van der Waals surface area contributed by atoms with Crippen LogP contribution in [0.2, 0.25) is 0 Å². The Morgan fingerprint density at radius 2 is 1.71 bits per heavy atom. The summed E-state index contributed by atoms with van der Waals surface area (Å²) in [4.78, 5) is 21.5. The zero-order valence-corrected chi connectivity index (χ0v) is 13.7. The van der Waals surface area contributed by atoms with Crippen molar-refractivity contribution in [1.82, 2.24) is 19.2 Å². The smallest absolute Gasteiger partial charge is 0.255 e. The van der Waals surface area contributed by atoms with Crippen LogP contribution in [0.5, 0.6) is 0 Å². The van der Waals surface area contributed by atoms with Gasteiger partial charge in [0.15, 0.2) is 0 Å². The standard InChI is InChI=1S/C19H20N4O/c1-21-9-11-22(12-10-21)19(24)16-7-8-18-20-17(14-23(18)13-16)15-5-3-2-4-6-15/h2-8,13-14H,9-12H2,1H3. The highest BCUT2D eigenvalue weighted by Gasteiger charge is 2.20. The Hall–Kier alpha value is -2.66. The van der Waals surface area contributed by atoms with Gasteiger partial charge in [-0.05, 0) is 19.2 Å². The molecule has 4 rings (SSSR count). The van der Waals surface area contributed by atoms with Gasteiger partial charge in [-0.1, -0.05) is 30.3 Å². The van der Waals surface area contributed by atoms with Crippen molar-refractivity contribution in [3.8, 4) is 11.3 Å². The van der Waals surface area contributed by atoms with E-state index in [-0.39, 0.29) is 5.91 Å². The summed E-state index contributed by atoms with van der Waals surface area (Å²) in [6, 6.07) is 13.9. The predicted molar refractivity (Wildman–Crippen MR) is 94.0 cm³/mol. The third-order valence-corrected chi connectivity index (χ3v) is 4.56. The molecule has 0 N–H and O–H groups in total. The van der Waals surface area contributed by atoms with Crippen LogP contribution in [0.3, 0.4) is 0 Å². The quantitative estimate of drug-likeness (QED) is 0.728. The fraction of sp³-hybridized carbons (Fsp3) is 0.263. The van der Waals surface area contributed by atoms with Crippen molar-refractivity contribution in [1.29, 1.82) is 0 Å². The number of imidazole rings is 1. The van der Waals surface area contributed by atoms with Gasteiger partial charge in [0.1, 0.15) is 5.65 Å². The van der Waals surface area contributed by atoms with Crippen molar-refractivity contribution in [3.63, 3.8) is 0 Å². The van der Waals surface area contributed by atoms with E-state index in [0.717, 1.165) is 43.1 Å². The Morgan fingerprint density at radius 1 is 0.958 bits per heavy atom. The van der Waals surface area contributed by atoms with Crippen molar-refractivity contribution in [3.05, 3.63) is 60.4 Å². The first-order chi connectivity index (χ1) is 11.7. The first kappa shape index (κ1) is 14.9. The van der Waals surface area contributed by atoms with Crippen molar-refractivity contribution in [2.45, 2.75) is 0 Å². The van der Waals surface area contributed by atoms with Gasteiger partial charge in [0.05, 0.1) is 11.3 Å². The molecule has 0 bridgehead atoms. The Labute approximate surface area is 141 Å². The van der Waals surface area contributed by atoms with E-state index in [0.29, 0.717) is 5.56 Å². The zero-order valence-electron chi connectivity index (χ0n) is 13.7. The van der Waals surface area contributed by atoms with Crippen LogP contribution in [0.15, 0.2) is 54.9 Å². The highest BCUT2D eigenvalue weighted by atomic mass is 16.2. The summed E-state index contributed by atoms with van der Waals surface area (Å²) < 4.78 is 1.94. The summed E-state index contributed by atoms with van der Waals surface area (Å²) in [6.07, 6.45) is 3.86.